The van der Waals surface area contributed by atoms with Crippen molar-refractivity contribution in [2.45, 2.75) is 19.4 Å². The summed E-state index contributed by atoms with van der Waals surface area (Å²) in [6.07, 6.45) is 1.25. The third kappa shape index (κ3) is 6.36. The Hall–Kier alpha value is -1.83. The topological polar surface area (TPSA) is 73.9 Å². The summed E-state index contributed by atoms with van der Waals surface area (Å²) in [5, 5.41) is 6.35. The molecule has 0 radical (unpaired) electrons. The number of amides is 2. The lowest BCUT2D eigenvalue weighted by Crippen LogP contribution is -2.44. The van der Waals surface area contributed by atoms with Crippen LogP contribution < -0.4 is 15.4 Å². The first kappa shape index (κ1) is 22.5. The van der Waals surface area contributed by atoms with Gasteiger partial charge in [0.05, 0.1) is 13.0 Å². The first-order valence-corrected chi connectivity index (χ1v) is 9.77. The Kier molecular flexibility index (Phi) is 9.02. The Bertz CT molecular complexity index is 635. The molecular formula is C20H31ClN4O3. The SMILES string of the molecule is COc1ccc(CN2CC(C(=O)NCCCN3CCNCC3)CC2=O)cc1.Cl. The van der Waals surface area contributed by atoms with Gasteiger partial charge in [0.2, 0.25) is 11.8 Å². The van der Waals surface area contributed by atoms with Gasteiger partial charge in [-0.15, -0.1) is 12.4 Å². The van der Waals surface area contributed by atoms with E-state index in [1.54, 1.807) is 12.0 Å². The summed E-state index contributed by atoms with van der Waals surface area (Å²) in [5.41, 5.74) is 1.04. The van der Waals surface area contributed by atoms with E-state index in [0.717, 1.165) is 50.5 Å². The minimum Gasteiger partial charge on any atom is -0.497 e. The molecule has 1 unspecified atom stereocenters. The molecule has 156 valence electrons. The summed E-state index contributed by atoms with van der Waals surface area (Å²) in [5.74, 6) is 0.604. The summed E-state index contributed by atoms with van der Waals surface area (Å²) in [4.78, 5) is 28.8. The van der Waals surface area contributed by atoms with Crippen molar-refractivity contribution in [2.24, 2.45) is 5.92 Å². The zero-order valence-corrected chi connectivity index (χ0v) is 17.3. The molecule has 7 nitrogen and oxygen atoms in total. The van der Waals surface area contributed by atoms with Crippen LogP contribution >= 0.6 is 12.4 Å². The maximum absolute atomic E-state index is 12.4. The van der Waals surface area contributed by atoms with Crippen molar-refractivity contribution in [1.82, 2.24) is 20.4 Å². The molecule has 1 aromatic carbocycles. The van der Waals surface area contributed by atoms with Gasteiger partial charge in [-0.05, 0) is 30.7 Å². The third-order valence-electron chi connectivity index (χ3n) is 5.28. The molecule has 0 saturated carbocycles. The van der Waals surface area contributed by atoms with Gasteiger partial charge >= 0.3 is 0 Å². The minimum atomic E-state index is -0.241. The summed E-state index contributed by atoms with van der Waals surface area (Å²) < 4.78 is 5.15. The Labute approximate surface area is 173 Å². The van der Waals surface area contributed by atoms with Crippen LogP contribution in [0.5, 0.6) is 5.75 Å². The minimum absolute atomic E-state index is 0. The maximum Gasteiger partial charge on any atom is 0.225 e. The highest BCUT2D eigenvalue weighted by atomic mass is 35.5. The van der Waals surface area contributed by atoms with E-state index in [1.807, 2.05) is 24.3 Å². The number of piperazine rings is 1. The van der Waals surface area contributed by atoms with E-state index in [2.05, 4.69) is 15.5 Å². The highest BCUT2D eigenvalue weighted by Crippen LogP contribution is 2.21. The second kappa shape index (κ2) is 11.2. The molecule has 1 aromatic rings. The van der Waals surface area contributed by atoms with Crippen LogP contribution in [0.1, 0.15) is 18.4 Å². The smallest absolute Gasteiger partial charge is 0.225 e. The van der Waals surface area contributed by atoms with Gasteiger partial charge in [-0.25, -0.2) is 0 Å². The lowest BCUT2D eigenvalue weighted by atomic mass is 10.1. The number of benzene rings is 1. The molecule has 0 bridgehead atoms. The molecule has 2 fully saturated rings. The fourth-order valence-electron chi connectivity index (χ4n) is 3.65. The molecule has 2 N–H and O–H groups in total. The molecule has 2 aliphatic rings. The number of hydrogen-bond acceptors (Lipinski definition) is 5. The zero-order valence-electron chi connectivity index (χ0n) is 16.5. The maximum atomic E-state index is 12.4. The van der Waals surface area contributed by atoms with Crippen molar-refractivity contribution in [3.05, 3.63) is 29.8 Å². The van der Waals surface area contributed by atoms with Crippen molar-refractivity contribution in [3.8, 4) is 5.75 Å². The lowest BCUT2D eigenvalue weighted by Gasteiger charge is -2.27. The Morgan fingerprint density at radius 1 is 1.25 bits per heavy atom. The molecule has 0 aliphatic carbocycles. The number of ether oxygens (including phenoxy) is 1. The van der Waals surface area contributed by atoms with Gasteiger partial charge in [-0.3, -0.25) is 9.59 Å². The standard InChI is InChI=1S/C20H30N4O3.ClH/c1-27-18-5-3-16(4-6-18)14-24-15-17(13-19(24)25)20(26)22-7-2-10-23-11-8-21-9-12-23;/h3-6,17,21H,2,7-15H2,1H3,(H,22,26);1H. The van der Waals surface area contributed by atoms with Crippen LogP contribution in [0.25, 0.3) is 0 Å². The third-order valence-corrected chi connectivity index (χ3v) is 5.28. The molecular weight excluding hydrogens is 380 g/mol. The van der Waals surface area contributed by atoms with E-state index in [4.69, 9.17) is 4.74 Å². The Balaban J connectivity index is 0.00000280. The number of nitrogens with one attached hydrogen (secondary N) is 2. The Morgan fingerprint density at radius 3 is 2.64 bits per heavy atom. The number of halogens is 1. The quantitative estimate of drug-likeness (QED) is 0.622. The van der Waals surface area contributed by atoms with E-state index in [1.165, 1.54) is 0 Å². The van der Waals surface area contributed by atoms with Crippen LogP contribution in [0, 0.1) is 5.92 Å². The van der Waals surface area contributed by atoms with Gasteiger partial charge in [0.15, 0.2) is 0 Å². The van der Waals surface area contributed by atoms with Crippen LogP contribution in [-0.2, 0) is 16.1 Å². The van der Waals surface area contributed by atoms with Gasteiger partial charge in [0.25, 0.3) is 0 Å². The van der Waals surface area contributed by atoms with E-state index in [9.17, 15) is 9.59 Å². The number of carbonyl (C=O) groups is 2. The van der Waals surface area contributed by atoms with Gasteiger partial charge in [0.1, 0.15) is 5.75 Å². The predicted octanol–water partition coefficient (Wildman–Crippen LogP) is 0.877. The van der Waals surface area contributed by atoms with Crippen molar-refractivity contribution >= 4 is 24.2 Å². The second-order valence-electron chi connectivity index (χ2n) is 7.26. The molecule has 2 aliphatic heterocycles. The highest BCUT2D eigenvalue weighted by Gasteiger charge is 2.34. The fourth-order valence-corrected chi connectivity index (χ4v) is 3.65. The van der Waals surface area contributed by atoms with Crippen LogP contribution in [-0.4, -0.2) is 74.5 Å². The fraction of sp³-hybridized carbons (Fsp3) is 0.600. The van der Waals surface area contributed by atoms with E-state index in [-0.39, 0.29) is 30.1 Å². The summed E-state index contributed by atoms with van der Waals surface area (Å²) >= 11 is 0. The molecule has 0 spiro atoms. The van der Waals surface area contributed by atoms with Crippen LogP contribution in [0.4, 0.5) is 0 Å². The summed E-state index contributed by atoms with van der Waals surface area (Å²) in [6.45, 7) is 6.95. The van der Waals surface area contributed by atoms with Crippen molar-refractivity contribution < 1.29 is 14.3 Å². The molecule has 0 aromatic heterocycles. The number of methoxy groups -OCH3 is 1. The number of hydrogen-bond donors (Lipinski definition) is 2. The average molecular weight is 411 g/mol. The molecule has 2 amide bonds. The molecule has 28 heavy (non-hydrogen) atoms. The summed E-state index contributed by atoms with van der Waals surface area (Å²) in [7, 11) is 1.63. The first-order chi connectivity index (χ1) is 13.2. The lowest BCUT2D eigenvalue weighted by molar-refractivity contribution is -0.129. The number of likely N-dealkylation sites (tertiary alicyclic amines) is 1. The van der Waals surface area contributed by atoms with Gasteiger partial charge < -0.3 is 25.2 Å². The van der Waals surface area contributed by atoms with Crippen molar-refractivity contribution in [1.29, 1.82) is 0 Å². The Morgan fingerprint density at radius 2 is 1.96 bits per heavy atom. The molecule has 2 saturated heterocycles. The number of rotatable bonds is 8. The largest absolute Gasteiger partial charge is 0.497 e. The monoisotopic (exact) mass is 410 g/mol. The van der Waals surface area contributed by atoms with Crippen molar-refractivity contribution in [2.75, 3.05) is 52.9 Å². The summed E-state index contributed by atoms with van der Waals surface area (Å²) in [6, 6.07) is 7.68. The van der Waals surface area contributed by atoms with Gasteiger partial charge in [-0.2, -0.15) is 0 Å². The van der Waals surface area contributed by atoms with E-state index < -0.39 is 0 Å². The zero-order chi connectivity index (χ0) is 19.1. The predicted molar refractivity (Wildman–Crippen MR) is 111 cm³/mol. The molecule has 2 heterocycles. The number of nitrogens with zero attached hydrogens (tertiary/aromatic N) is 2. The number of carbonyl (C=O) groups excluding carboxylic acids is 2. The van der Waals surface area contributed by atoms with Crippen LogP contribution in [0.15, 0.2) is 24.3 Å². The molecule has 1 atom stereocenters. The normalized spacial score (nSPS) is 20.0. The van der Waals surface area contributed by atoms with E-state index in [0.29, 0.717) is 26.1 Å². The average Bonchev–Trinajstić information content (AvgIpc) is 3.07. The van der Waals surface area contributed by atoms with Gasteiger partial charge in [0, 0.05) is 52.2 Å². The molecule has 3 rings (SSSR count). The van der Waals surface area contributed by atoms with Crippen LogP contribution in [0.3, 0.4) is 0 Å². The first-order valence-electron chi connectivity index (χ1n) is 9.77. The van der Waals surface area contributed by atoms with Crippen LogP contribution in [0.2, 0.25) is 0 Å². The molecule has 8 heteroatoms. The second-order valence-corrected chi connectivity index (χ2v) is 7.26. The highest BCUT2D eigenvalue weighted by molar-refractivity contribution is 5.89. The van der Waals surface area contributed by atoms with E-state index >= 15 is 0 Å². The van der Waals surface area contributed by atoms with Gasteiger partial charge in [-0.1, -0.05) is 12.1 Å². The van der Waals surface area contributed by atoms with Crippen molar-refractivity contribution in [3.63, 3.8) is 0 Å².